The zero-order valence-corrected chi connectivity index (χ0v) is 17.9. The molecule has 158 valence electrons. The van der Waals surface area contributed by atoms with Crippen molar-refractivity contribution in [2.45, 2.75) is 32.2 Å². The maximum Gasteiger partial charge on any atom is 0.325 e. The second-order valence-corrected chi connectivity index (χ2v) is 7.90. The summed E-state index contributed by atoms with van der Waals surface area (Å²) in [5, 5.41) is 5.92. The number of benzene rings is 2. The van der Waals surface area contributed by atoms with Gasteiger partial charge < -0.3 is 15.4 Å². The minimum Gasteiger partial charge on any atom is -0.495 e. The molecule has 4 amide bonds. The summed E-state index contributed by atoms with van der Waals surface area (Å²) in [5.41, 5.74) is 1.20. The Morgan fingerprint density at radius 2 is 1.93 bits per heavy atom. The minimum absolute atomic E-state index is 0.392. The number of nitrogens with one attached hydrogen (secondary N) is 2. The molecule has 0 aromatic heterocycles. The van der Waals surface area contributed by atoms with E-state index in [4.69, 9.17) is 16.3 Å². The molecule has 1 atom stereocenters. The third-order valence-electron chi connectivity index (χ3n) is 5.16. The largest absolute Gasteiger partial charge is 0.495 e. The summed E-state index contributed by atoms with van der Waals surface area (Å²) in [6, 6.07) is 12.4. The molecule has 0 radical (unpaired) electrons. The van der Waals surface area contributed by atoms with Gasteiger partial charge in [-0.05, 0) is 43.9 Å². The average molecular weight is 430 g/mol. The fourth-order valence-corrected chi connectivity index (χ4v) is 3.52. The molecule has 8 heteroatoms. The average Bonchev–Trinajstić information content (AvgIpc) is 2.93. The van der Waals surface area contributed by atoms with Crippen LogP contribution in [0.3, 0.4) is 0 Å². The minimum atomic E-state index is -1.05. The highest BCUT2D eigenvalue weighted by Gasteiger charge is 2.47. The number of anilines is 1. The van der Waals surface area contributed by atoms with Crippen LogP contribution in [-0.2, 0) is 16.0 Å². The van der Waals surface area contributed by atoms with Crippen molar-refractivity contribution in [3.8, 4) is 5.75 Å². The van der Waals surface area contributed by atoms with Gasteiger partial charge in [-0.2, -0.15) is 0 Å². The molecule has 0 spiro atoms. The van der Waals surface area contributed by atoms with E-state index in [0.717, 1.165) is 16.0 Å². The highest BCUT2D eigenvalue weighted by Crippen LogP contribution is 2.31. The van der Waals surface area contributed by atoms with Gasteiger partial charge in [-0.1, -0.05) is 41.9 Å². The van der Waals surface area contributed by atoms with E-state index in [1.54, 1.807) is 26.0 Å². The molecule has 2 aromatic carbocycles. The molecule has 1 aliphatic heterocycles. The maximum absolute atomic E-state index is 12.9. The topological polar surface area (TPSA) is 87.7 Å². The van der Waals surface area contributed by atoms with Gasteiger partial charge in [-0.3, -0.25) is 14.5 Å². The standard InChI is InChI=1S/C22H24ClN3O4/c1-14-11-17(18(30-3)12-16(14)23)24-19(27)13-26-20(28)22(2,25-21(26)29)10-9-15-7-5-4-6-8-15/h4-8,11-12H,9-10,13H2,1-3H3,(H,24,27)(H,25,29). The molecule has 1 aliphatic rings. The number of carbonyl (C=O) groups excluding carboxylic acids is 3. The van der Waals surface area contributed by atoms with Crippen molar-refractivity contribution in [3.05, 3.63) is 58.6 Å². The number of imide groups is 1. The van der Waals surface area contributed by atoms with Crippen molar-refractivity contribution in [2.75, 3.05) is 19.0 Å². The van der Waals surface area contributed by atoms with Crippen LogP contribution in [0.1, 0.15) is 24.5 Å². The van der Waals surface area contributed by atoms with Crippen LogP contribution in [0.5, 0.6) is 5.75 Å². The van der Waals surface area contributed by atoms with Gasteiger partial charge in [0.15, 0.2) is 0 Å². The van der Waals surface area contributed by atoms with E-state index in [2.05, 4.69) is 10.6 Å². The number of methoxy groups -OCH3 is 1. The lowest BCUT2D eigenvalue weighted by molar-refractivity contribution is -0.133. The van der Waals surface area contributed by atoms with Crippen LogP contribution >= 0.6 is 11.6 Å². The lowest BCUT2D eigenvalue weighted by Gasteiger charge is -2.21. The van der Waals surface area contributed by atoms with E-state index in [1.807, 2.05) is 30.3 Å². The van der Waals surface area contributed by atoms with Crippen molar-refractivity contribution in [3.63, 3.8) is 0 Å². The number of carbonyl (C=O) groups is 3. The number of urea groups is 1. The Hall–Kier alpha value is -3.06. The molecule has 2 N–H and O–H groups in total. The Bertz CT molecular complexity index is 980. The van der Waals surface area contributed by atoms with Gasteiger partial charge in [-0.15, -0.1) is 0 Å². The van der Waals surface area contributed by atoms with E-state index >= 15 is 0 Å². The van der Waals surface area contributed by atoms with E-state index in [-0.39, 0.29) is 0 Å². The molecule has 3 rings (SSSR count). The number of hydrogen-bond donors (Lipinski definition) is 2. The molecular formula is C22H24ClN3O4. The molecule has 1 unspecified atom stereocenters. The number of amides is 4. The molecule has 0 saturated carbocycles. The van der Waals surface area contributed by atoms with Crippen LogP contribution < -0.4 is 15.4 Å². The predicted octanol–water partition coefficient (Wildman–Crippen LogP) is 3.54. The number of ether oxygens (including phenoxy) is 1. The summed E-state index contributed by atoms with van der Waals surface area (Å²) in [6.45, 7) is 3.09. The van der Waals surface area contributed by atoms with E-state index in [9.17, 15) is 14.4 Å². The first-order valence-electron chi connectivity index (χ1n) is 9.55. The van der Waals surface area contributed by atoms with Gasteiger partial charge in [-0.25, -0.2) is 4.79 Å². The SMILES string of the molecule is COc1cc(Cl)c(C)cc1NC(=O)CN1C(=O)NC(C)(CCc2ccccc2)C1=O. The van der Waals surface area contributed by atoms with Crippen molar-refractivity contribution in [1.82, 2.24) is 10.2 Å². The Labute approximate surface area is 180 Å². The smallest absolute Gasteiger partial charge is 0.325 e. The zero-order chi connectivity index (χ0) is 21.9. The summed E-state index contributed by atoms with van der Waals surface area (Å²) < 4.78 is 5.24. The van der Waals surface area contributed by atoms with Crippen molar-refractivity contribution >= 4 is 35.1 Å². The van der Waals surface area contributed by atoms with Gasteiger partial charge in [0.1, 0.15) is 17.8 Å². The van der Waals surface area contributed by atoms with Crippen LogP contribution in [-0.4, -0.2) is 41.9 Å². The Morgan fingerprint density at radius 3 is 2.60 bits per heavy atom. The van der Waals surface area contributed by atoms with Crippen LogP contribution in [0, 0.1) is 6.92 Å². The normalized spacial score (nSPS) is 18.3. The molecule has 1 fully saturated rings. The van der Waals surface area contributed by atoms with Crippen LogP contribution in [0.2, 0.25) is 5.02 Å². The van der Waals surface area contributed by atoms with Crippen molar-refractivity contribution in [2.24, 2.45) is 0 Å². The van der Waals surface area contributed by atoms with Crippen molar-refractivity contribution in [1.29, 1.82) is 0 Å². The highest BCUT2D eigenvalue weighted by molar-refractivity contribution is 6.31. The van der Waals surface area contributed by atoms with Gasteiger partial charge >= 0.3 is 6.03 Å². The number of rotatable bonds is 7. The van der Waals surface area contributed by atoms with Gasteiger partial charge in [0.25, 0.3) is 5.91 Å². The maximum atomic E-state index is 12.9. The zero-order valence-electron chi connectivity index (χ0n) is 17.1. The van der Waals surface area contributed by atoms with Crippen LogP contribution in [0.25, 0.3) is 0 Å². The molecule has 0 aliphatic carbocycles. The number of hydrogen-bond acceptors (Lipinski definition) is 4. The predicted molar refractivity (Wildman–Crippen MR) is 115 cm³/mol. The van der Waals surface area contributed by atoms with Crippen LogP contribution in [0.4, 0.5) is 10.5 Å². The summed E-state index contributed by atoms with van der Waals surface area (Å²) in [7, 11) is 1.46. The monoisotopic (exact) mass is 429 g/mol. The van der Waals surface area contributed by atoms with Crippen molar-refractivity contribution < 1.29 is 19.1 Å². The fraction of sp³-hybridized carbons (Fsp3) is 0.318. The summed E-state index contributed by atoms with van der Waals surface area (Å²) in [6.07, 6.45) is 1.06. The van der Waals surface area contributed by atoms with Gasteiger partial charge in [0.2, 0.25) is 5.91 Å². The lowest BCUT2D eigenvalue weighted by atomic mass is 9.93. The second-order valence-electron chi connectivity index (χ2n) is 7.49. The Balaban J connectivity index is 1.66. The summed E-state index contributed by atoms with van der Waals surface area (Å²) in [4.78, 5) is 38.8. The number of nitrogens with zero attached hydrogens (tertiary/aromatic N) is 1. The lowest BCUT2D eigenvalue weighted by Crippen LogP contribution is -2.45. The second kappa shape index (κ2) is 8.75. The Kier molecular flexibility index (Phi) is 6.31. The first kappa shape index (κ1) is 21.6. The van der Waals surface area contributed by atoms with Gasteiger partial charge in [0, 0.05) is 11.1 Å². The number of aryl methyl sites for hydroxylation is 2. The fourth-order valence-electron chi connectivity index (χ4n) is 3.36. The van der Waals surface area contributed by atoms with Gasteiger partial charge in [0.05, 0.1) is 12.8 Å². The quantitative estimate of drug-likeness (QED) is 0.659. The number of halogens is 1. The molecule has 0 bridgehead atoms. The third-order valence-corrected chi connectivity index (χ3v) is 5.57. The molecule has 1 saturated heterocycles. The molecule has 7 nitrogen and oxygen atoms in total. The third kappa shape index (κ3) is 4.57. The van der Waals surface area contributed by atoms with Crippen LogP contribution in [0.15, 0.2) is 42.5 Å². The Morgan fingerprint density at radius 1 is 1.23 bits per heavy atom. The summed E-state index contributed by atoms with van der Waals surface area (Å²) >= 11 is 6.08. The molecular weight excluding hydrogens is 406 g/mol. The first-order chi connectivity index (χ1) is 14.2. The molecule has 30 heavy (non-hydrogen) atoms. The van der Waals surface area contributed by atoms with E-state index < -0.39 is 29.9 Å². The summed E-state index contributed by atoms with van der Waals surface area (Å²) in [5.74, 6) is -0.535. The molecule has 1 heterocycles. The van der Waals surface area contributed by atoms with E-state index in [0.29, 0.717) is 29.3 Å². The first-order valence-corrected chi connectivity index (χ1v) is 9.93. The highest BCUT2D eigenvalue weighted by atomic mass is 35.5. The van der Waals surface area contributed by atoms with E-state index in [1.165, 1.54) is 7.11 Å². The molecule has 2 aromatic rings.